The molecule has 7 heteroatoms. The number of pyridine rings is 1. The summed E-state index contributed by atoms with van der Waals surface area (Å²) in [6, 6.07) is 13.5. The second-order valence-corrected chi connectivity index (χ2v) is 8.22. The first kappa shape index (κ1) is 19.8. The zero-order chi connectivity index (χ0) is 21.5. The molecule has 31 heavy (non-hydrogen) atoms. The van der Waals surface area contributed by atoms with Crippen LogP contribution in [0.3, 0.4) is 0 Å². The summed E-state index contributed by atoms with van der Waals surface area (Å²) < 4.78 is 5.54. The smallest absolute Gasteiger partial charge is 0.249 e. The van der Waals surface area contributed by atoms with Gasteiger partial charge in [0.2, 0.25) is 11.8 Å². The molecule has 2 amide bonds. The van der Waals surface area contributed by atoms with Crippen molar-refractivity contribution in [1.82, 2.24) is 4.98 Å². The Morgan fingerprint density at radius 2 is 1.77 bits per heavy atom. The van der Waals surface area contributed by atoms with Gasteiger partial charge in [-0.1, -0.05) is 36.4 Å². The molecule has 0 radical (unpaired) electrons. The molecule has 0 spiro atoms. The molecule has 0 aliphatic carbocycles. The number of nitrogens with zero attached hydrogens (tertiary/aromatic N) is 4. The predicted molar refractivity (Wildman–Crippen MR) is 120 cm³/mol. The standard InChI is InChI=1S/C24H26N4O3/c1-16-24(30)26(2)20-8-10-21(25-23(20)27(16)18-12-14-31-15-13-18)28-19(9-11-22(28)29)17-6-4-3-5-7-17/h3-10,16,18H,11-15H2,1-2H3/t16-/m1/s1. The van der Waals surface area contributed by atoms with Crippen molar-refractivity contribution in [3.05, 3.63) is 54.1 Å². The normalized spacial score (nSPS) is 22.1. The molecule has 0 bridgehead atoms. The second-order valence-electron chi connectivity index (χ2n) is 8.22. The van der Waals surface area contributed by atoms with Gasteiger partial charge in [0.25, 0.3) is 0 Å². The van der Waals surface area contributed by atoms with Gasteiger partial charge in [0.15, 0.2) is 5.82 Å². The van der Waals surface area contributed by atoms with Crippen molar-refractivity contribution in [1.29, 1.82) is 0 Å². The number of likely N-dealkylation sites (N-methyl/N-ethyl adjacent to an activating group) is 1. The summed E-state index contributed by atoms with van der Waals surface area (Å²) in [4.78, 5) is 36.2. The molecule has 1 aromatic carbocycles. The molecule has 3 aliphatic rings. The Morgan fingerprint density at radius 3 is 2.52 bits per heavy atom. The van der Waals surface area contributed by atoms with E-state index in [0.29, 0.717) is 25.5 Å². The highest BCUT2D eigenvalue weighted by atomic mass is 16.5. The Kier molecular flexibility index (Phi) is 4.98. The number of ether oxygens (including phenoxy) is 1. The van der Waals surface area contributed by atoms with Crippen molar-refractivity contribution >= 4 is 34.8 Å². The molecule has 4 heterocycles. The lowest BCUT2D eigenvalue weighted by atomic mass is 10.0. The zero-order valence-corrected chi connectivity index (χ0v) is 17.8. The molecule has 7 nitrogen and oxygen atoms in total. The molecule has 3 aliphatic heterocycles. The summed E-state index contributed by atoms with van der Waals surface area (Å²) >= 11 is 0. The highest BCUT2D eigenvalue weighted by molar-refractivity contribution is 6.11. The average molecular weight is 418 g/mol. The SMILES string of the molecule is C[C@@H]1C(=O)N(C)c2ccc(N3C(=O)CC=C3c3ccccc3)nc2N1C1CCOCC1. The molecule has 1 aromatic heterocycles. The molecule has 0 saturated carbocycles. The first-order valence-electron chi connectivity index (χ1n) is 10.8. The van der Waals surface area contributed by atoms with Gasteiger partial charge in [-0.2, -0.15) is 0 Å². The van der Waals surface area contributed by atoms with E-state index in [-0.39, 0.29) is 23.9 Å². The van der Waals surface area contributed by atoms with Crippen molar-refractivity contribution < 1.29 is 14.3 Å². The van der Waals surface area contributed by atoms with Gasteiger partial charge < -0.3 is 14.5 Å². The van der Waals surface area contributed by atoms with E-state index >= 15 is 0 Å². The third-order valence-electron chi connectivity index (χ3n) is 6.39. The number of carbonyl (C=O) groups excluding carboxylic acids is 2. The first-order valence-corrected chi connectivity index (χ1v) is 10.8. The summed E-state index contributed by atoms with van der Waals surface area (Å²) in [6.45, 7) is 3.29. The number of fused-ring (bicyclic) bond motifs is 1. The maximum Gasteiger partial charge on any atom is 0.249 e. The second kappa shape index (κ2) is 7.81. The van der Waals surface area contributed by atoms with Crippen molar-refractivity contribution in [3.63, 3.8) is 0 Å². The Morgan fingerprint density at radius 1 is 1.03 bits per heavy atom. The third-order valence-corrected chi connectivity index (χ3v) is 6.39. The molecule has 5 rings (SSSR count). The number of amides is 2. The number of carbonyl (C=O) groups is 2. The highest BCUT2D eigenvalue weighted by Gasteiger charge is 2.40. The van der Waals surface area contributed by atoms with Crippen LogP contribution >= 0.6 is 0 Å². The summed E-state index contributed by atoms with van der Waals surface area (Å²) in [7, 11) is 1.79. The van der Waals surface area contributed by atoms with Gasteiger partial charge in [0, 0.05) is 32.7 Å². The van der Waals surface area contributed by atoms with Crippen molar-refractivity contribution in [2.45, 2.75) is 38.3 Å². The van der Waals surface area contributed by atoms with E-state index in [4.69, 9.17) is 9.72 Å². The van der Waals surface area contributed by atoms with Gasteiger partial charge >= 0.3 is 0 Å². The molecule has 0 unspecified atom stereocenters. The van der Waals surface area contributed by atoms with E-state index < -0.39 is 0 Å². The lowest BCUT2D eigenvalue weighted by Gasteiger charge is -2.45. The summed E-state index contributed by atoms with van der Waals surface area (Å²) in [5, 5.41) is 0. The largest absolute Gasteiger partial charge is 0.381 e. The molecular formula is C24H26N4O3. The number of hydrogen-bond acceptors (Lipinski definition) is 5. The zero-order valence-electron chi connectivity index (χ0n) is 17.8. The number of benzene rings is 1. The minimum atomic E-state index is -0.318. The molecule has 2 aromatic rings. The summed E-state index contributed by atoms with van der Waals surface area (Å²) in [5.74, 6) is 1.39. The maximum atomic E-state index is 12.9. The van der Waals surface area contributed by atoms with Crippen LogP contribution in [0.15, 0.2) is 48.5 Å². The Bertz CT molecular complexity index is 1050. The number of hydrogen-bond donors (Lipinski definition) is 0. The van der Waals surface area contributed by atoms with Crippen molar-refractivity contribution in [3.8, 4) is 0 Å². The van der Waals surface area contributed by atoms with Gasteiger partial charge in [0.05, 0.1) is 11.4 Å². The van der Waals surface area contributed by atoms with Crippen molar-refractivity contribution in [2.24, 2.45) is 0 Å². The van der Waals surface area contributed by atoms with Crippen LogP contribution in [-0.4, -0.2) is 49.1 Å². The first-order chi connectivity index (χ1) is 15.1. The van der Waals surface area contributed by atoms with Gasteiger partial charge in [0.1, 0.15) is 11.9 Å². The highest BCUT2D eigenvalue weighted by Crippen LogP contribution is 2.40. The van der Waals surface area contributed by atoms with Gasteiger partial charge in [-0.15, -0.1) is 0 Å². The molecular weight excluding hydrogens is 392 g/mol. The minimum Gasteiger partial charge on any atom is -0.381 e. The van der Waals surface area contributed by atoms with E-state index in [1.54, 1.807) is 16.8 Å². The minimum absolute atomic E-state index is 0.00258. The quantitative estimate of drug-likeness (QED) is 0.766. The fourth-order valence-electron chi connectivity index (χ4n) is 4.77. The van der Waals surface area contributed by atoms with Crippen LogP contribution in [-0.2, 0) is 14.3 Å². The summed E-state index contributed by atoms with van der Waals surface area (Å²) in [5.41, 5.74) is 2.61. The van der Waals surface area contributed by atoms with Crippen LogP contribution in [0, 0.1) is 0 Å². The van der Waals surface area contributed by atoms with Crippen LogP contribution in [0.4, 0.5) is 17.3 Å². The Balaban J connectivity index is 1.58. The van der Waals surface area contributed by atoms with Gasteiger partial charge in [-0.05, 0) is 37.5 Å². The lowest BCUT2D eigenvalue weighted by molar-refractivity contribution is -0.120. The number of aromatic nitrogens is 1. The lowest BCUT2D eigenvalue weighted by Crippen LogP contribution is -2.56. The van der Waals surface area contributed by atoms with E-state index in [9.17, 15) is 9.59 Å². The van der Waals surface area contributed by atoms with E-state index in [1.807, 2.05) is 55.5 Å². The third kappa shape index (κ3) is 3.29. The van der Waals surface area contributed by atoms with E-state index in [0.717, 1.165) is 35.6 Å². The fourth-order valence-corrected chi connectivity index (χ4v) is 4.77. The molecule has 160 valence electrons. The van der Waals surface area contributed by atoms with Gasteiger partial charge in [-0.25, -0.2) is 4.98 Å². The number of anilines is 3. The van der Waals surface area contributed by atoms with Gasteiger partial charge in [-0.3, -0.25) is 14.5 Å². The summed E-state index contributed by atoms with van der Waals surface area (Å²) in [6.07, 6.45) is 4.00. The van der Waals surface area contributed by atoms with Crippen molar-refractivity contribution in [2.75, 3.05) is 35.0 Å². The van der Waals surface area contributed by atoms with E-state index in [1.165, 1.54) is 0 Å². The number of rotatable bonds is 3. The topological polar surface area (TPSA) is 66.0 Å². The molecule has 1 atom stereocenters. The Hall–Kier alpha value is -3.19. The van der Waals surface area contributed by atoms with E-state index in [2.05, 4.69) is 4.90 Å². The fraction of sp³-hybridized carbons (Fsp3) is 0.375. The Labute approximate surface area is 181 Å². The monoisotopic (exact) mass is 418 g/mol. The van der Waals surface area contributed by atoms with Crippen LogP contribution in [0.5, 0.6) is 0 Å². The van der Waals surface area contributed by atoms with Crippen LogP contribution in [0.1, 0.15) is 31.7 Å². The maximum absolute atomic E-state index is 12.9. The van der Waals surface area contributed by atoms with Crippen LogP contribution in [0.25, 0.3) is 5.70 Å². The average Bonchev–Trinajstić information content (AvgIpc) is 3.20. The van der Waals surface area contributed by atoms with Crippen LogP contribution < -0.4 is 14.7 Å². The molecule has 1 fully saturated rings. The molecule has 1 saturated heterocycles. The van der Waals surface area contributed by atoms with Crippen LogP contribution in [0.2, 0.25) is 0 Å². The predicted octanol–water partition coefficient (Wildman–Crippen LogP) is 3.21. The molecule has 0 N–H and O–H groups in total.